The number of phenols is 1. The van der Waals surface area contributed by atoms with Crippen LogP contribution in [0.15, 0.2) is 28.2 Å². The van der Waals surface area contributed by atoms with Gasteiger partial charge >= 0.3 is 5.69 Å². The number of nitro benzene ring substituents is 1. The van der Waals surface area contributed by atoms with Gasteiger partial charge in [0.05, 0.1) is 9.82 Å². The molecule has 10 nitrogen and oxygen atoms in total. The number of hydrogen-bond acceptors (Lipinski definition) is 6. The first-order valence-electron chi connectivity index (χ1n) is 4.86. The van der Waals surface area contributed by atoms with Gasteiger partial charge in [0.15, 0.2) is 5.75 Å². The summed E-state index contributed by atoms with van der Waals surface area (Å²) < 4.78 is 25.6. The number of rotatable bonds is 6. The van der Waals surface area contributed by atoms with E-state index in [1.807, 2.05) is 0 Å². The molecule has 2 N–H and O–H groups in total. The van der Waals surface area contributed by atoms with E-state index < -0.39 is 26.4 Å². The van der Waals surface area contributed by atoms with Gasteiger partial charge in [-0.15, -0.1) is 0 Å². The monoisotopic (exact) mass is 287 g/mol. The van der Waals surface area contributed by atoms with E-state index in [1.165, 1.54) is 0 Å². The Bertz CT molecular complexity index is 637. The molecule has 0 saturated carbocycles. The van der Waals surface area contributed by atoms with E-state index in [0.29, 0.717) is 0 Å². The largest absolute Gasteiger partial charge is 0.502 e. The Morgan fingerprint density at radius 1 is 1.53 bits per heavy atom. The fourth-order valence-electron chi connectivity index (χ4n) is 1.17. The molecule has 0 heterocycles. The Hall–Kier alpha value is -2.36. The summed E-state index contributed by atoms with van der Waals surface area (Å²) in [7, 11) is -3.96. The van der Waals surface area contributed by atoms with Crippen LogP contribution in [0.5, 0.6) is 5.75 Å². The SMILES string of the molecule is [N-]=[N+]=NCCNS(=O)(=O)c1ccc(O)c([N+](=O)[O-])c1. The van der Waals surface area contributed by atoms with Gasteiger partial charge < -0.3 is 5.11 Å². The summed E-state index contributed by atoms with van der Waals surface area (Å²) in [4.78, 5) is 11.8. The first kappa shape index (κ1) is 14.7. The summed E-state index contributed by atoms with van der Waals surface area (Å²) in [5.41, 5.74) is 7.31. The molecule has 0 fully saturated rings. The average molecular weight is 287 g/mol. The minimum absolute atomic E-state index is 0.0874. The summed E-state index contributed by atoms with van der Waals surface area (Å²) in [5.74, 6) is -0.627. The van der Waals surface area contributed by atoms with Gasteiger partial charge in [-0.1, -0.05) is 5.11 Å². The van der Waals surface area contributed by atoms with Gasteiger partial charge in [0.25, 0.3) is 0 Å². The number of nitrogens with one attached hydrogen (secondary N) is 1. The van der Waals surface area contributed by atoms with Crippen molar-refractivity contribution in [3.63, 3.8) is 0 Å². The first-order valence-corrected chi connectivity index (χ1v) is 6.34. The Morgan fingerprint density at radius 2 is 2.21 bits per heavy atom. The quantitative estimate of drug-likeness (QED) is 0.198. The molecule has 0 aromatic heterocycles. The van der Waals surface area contributed by atoms with Gasteiger partial charge in [-0.2, -0.15) is 0 Å². The molecule has 0 aliphatic carbocycles. The lowest BCUT2D eigenvalue weighted by Gasteiger charge is -2.05. The lowest BCUT2D eigenvalue weighted by molar-refractivity contribution is -0.386. The Morgan fingerprint density at radius 3 is 2.79 bits per heavy atom. The van der Waals surface area contributed by atoms with Crippen molar-refractivity contribution in [2.75, 3.05) is 13.1 Å². The van der Waals surface area contributed by atoms with Gasteiger partial charge in [0.1, 0.15) is 0 Å². The highest BCUT2D eigenvalue weighted by Gasteiger charge is 2.20. The van der Waals surface area contributed by atoms with Crippen molar-refractivity contribution in [3.8, 4) is 5.75 Å². The number of nitrogens with zero attached hydrogens (tertiary/aromatic N) is 4. The van der Waals surface area contributed by atoms with Gasteiger partial charge in [0.2, 0.25) is 10.0 Å². The van der Waals surface area contributed by atoms with Crippen molar-refractivity contribution in [3.05, 3.63) is 38.8 Å². The van der Waals surface area contributed by atoms with Crippen molar-refractivity contribution in [1.82, 2.24) is 4.72 Å². The van der Waals surface area contributed by atoms with E-state index in [1.54, 1.807) is 0 Å². The number of benzene rings is 1. The van der Waals surface area contributed by atoms with Crippen LogP contribution in [0.1, 0.15) is 0 Å². The average Bonchev–Trinajstić information content (AvgIpc) is 2.34. The maximum atomic E-state index is 11.7. The van der Waals surface area contributed by atoms with Crippen LogP contribution in [-0.2, 0) is 10.0 Å². The normalized spacial score (nSPS) is 10.7. The third kappa shape index (κ3) is 3.81. The van der Waals surface area contributed by atoms with Crippen LogP contribution in [0, 0.1) is 10.1 Å². The second-order valence-corrected chi connectivity index (χ2v) is 5.03. The lowest BCUT2D eigenvalue weighted by atomic mass is 10.3. The molecule has 0 saturated heterocycles. The van der Waals surface area contributed by atoms with Crippen LogP contribution in [0.4, 0.5) is 5.69 Å². The molecule has 0 radical (unpaired) electrons. The summed E-state index contributed by atoms with van der Waals surface area (Å²) in [6, 6.07) is 2.68. The fraction of sp³-hybridized carbons (Fsp3) is 0.250. The molecule has 0 amide bonds. The van der Waals surface area contributed by atoms with E-state index in [2.05, 4.69) is 14.7 Å². The summed E-state index contributed by atoms with van der Waals surface area (Å²) >= 11 is 0. The van der Waals surface area contributed by atoms with Crippen molar-refractivity contribution in [1.29, 1.82) is 0 Å². The highest BCUT2D eigenvalue weighted by Crippen LogP contribution is 2.27. The Balaban J connectivity index is 2.98. The van der Waals surface area contributed by atoms with Crippen molar-refractivity contribution in [2.45, 2.75) is 4.90 Å². The fourth-order valence-corrected chi connectivity index (χ4v) is 2.22. The first-order chi connectivity index (χ1) is 8.88. The van der Waals surface area contributed by atoms with Crippen LogP contribution in [0.25, 0.3) is 10.4 Å². The molecule has 11 heteroatoms. The van der Waals surface area contributed by atoms with E-state index in [-0.39, 0.29) is 18.0 Å². The highest BCUT2D eigenvalue weighted by atomic mass is 32.2. The van der Waals surface area contributed by atoms with E-state index >= 15 is 0 Å². The third-order valence-electron chi connectivity index (χ3n) is 2.02. The molecule has 0 unspecified atom stereocenters. The molecule has 1 aromatic rings. The molecule has 102 valence electrons. The maximum Gasteiger partial charge on any atom is 0.312 e. The van der Waals surface area contributed by atoms with Crippen LogP contribution in [0.3, 0.4) is 0 Å². The number of aromatic hydroxyl groups is 1. The number of hydrogen-bond donors (Lipinski definition) is 2. The molecule has 19 heavy (non-hydrogen) atoms. The van der Waals surface area contributed by atoms with E-state index in [4.69, 9.17) is 5.53 Å². The van der Waals surface area contributed by atoms with Crippen molar-refractivity contribution >= 4 is 15.7 Å². The predicted octanol–water partition coefficient (Wildman–Crippen LogP) is 0.889. The second kappa shape index (κ2) is 6.00. The van der Waals surface area contributed by atoms with Gasteiger partial charge in [-0.25, -0.2) is 13.1 Å². The molecule has 0 aliphatic heterocycles. The zero-order valence-corrected chi connectivity index (χ0v) is 10.2. The molecule has 1 rings (SSSR count). The maximum absolute atomic E-state index is 11.7. The van der Waals surface area contributed by atoms with E-state index in [0.717, 1.165) is 18.2 Å². The summed E-state index contributed by atoms with van der Waals surface area (Å²) in [6.45, 7) is -0.225. The standard InChI is InChI=1S/C8H9N5O5S/c9-12-10-3-4-11-19(17,18)6-1-2-8(14)7(5-6)13(15)16/h1-2,5,11,14H,3-4H2. The molecule has 0 atom stereocenters. The molecule has 0 spiro atoms. The zero-order valence-electron chi connectivity index (χ0n) is 9.42. The smallest absolute Gasteiger partial charge is 0.312 e. The zero-order chi connectivity index (χ0) is 14.5. The minimum atomic E-state index is -3.96. The molecule has 1 aromatic carbocycles. The van der Waals surface area contributed by atoms with Gasteiger partial charge in [-0.05, 0) is 17.7 Å². The molecule has 0 bridgehead atoms. The second-order valence-electron chi connectivity index (χ2n) is 3.26. The third-order valence-corrected chi connectivity index (χ3v) is 3.48. The molecular weight excluding hydrogens is 278 g/mol. The predicted molar refractivity (Wildman–Crippen MR) is 64.0 cm³/mol. The van der Waals surface area contributed by atoms with Gasteiger partial charge in [-0.3, -0.25) is 10.1 Å². The lowest BCUT2D eigenvalue weighted by Crippen LogP contribution is -2.26. The highest BCUT2D eigenvalue weighted by molar-refractivity contribution is 7.89. The van der Waals surface area contributed by atoms with Gasteiger partial charge in [0, 0.05) is 24.1 Å². The van der Waals surface area contributed by atoms with E-state index in [9.17, 15) is 23.6 Å². The number of azide groups is 1. The summed E-state index contributed by atoms with van der Waals surface area (Å²) in [6.07, 6.45) is 0. The van der Waals surface area contributed by atoms with Crippen molar-refractivity contribution in [2.24, 2.45) is 5.11 Å². The topological polar surface area (TPSA) is 158 Å². The number of nitro groups is 1. The number of phenolic OH excluding ortho intramolecular Hbond substituents is 1. The Labute approximate surface area is 107 Å². The van der Waals surface area contributed by atoms with Crippen LogP contribution >= 0.6 is 0 Å². The minimum Gasteiger partial charge on any atom is -0.502 e. The number of sulfonamides is 1. The van der Waals surface area contributed by atoms with Crippen LogP contribution in [-0.4, -0.2) is 31.5 Å². The Kier molecular flexibility index (Phi) is 4.64. The van der Waals surface area contributed by atoms with Crippen molar-refractivity contribution < 1.29 is 18.4 Å². The van der Waals surface area contributed by atoms with Crippen LogP contribution < -0.4 is 4.72 Å². The molecule has 0 aliphatic rings. The van der Waals surface area contributed by atoms with Crippen LogP contribution in [0.2, 0.25) is 0 Å². The molecular formula is C8H9N5O5S. The summed E-state index contributed by atoms with van der Waals surface area (Å²) in [5, 5.41) is 22.9.